The second-order valence-electron chi connectivity index (χ2n) is 5.28. The Morgan fingerprint density at radius 3 is 2.60 bits per heavy atom. The third-order valence-electron chi connectivity index (χ3n) is 2.88. The number of hydrogen-bond acceptors (Lipinski definition) is 4. The van der Waals surface area contributed by atoms with Crippen LogP contribution in [0.1, 0.15) is 30.2 Å². The van der Waals surface area contributed by atoms with Gasteiger partial charge >= 0.3 is 0 Å². The molecule has 0 amide bonds. The van der Waals surface area contributed by atoms with Crippen LogP contribution < -0.4 is 5.32 Å². The molecule has 0 saturated heterocycles. The monoisotopic (exact) mass is 312 g/mol. The van der Waals surface area contributed by atoms with E-state index in [0.717, 1.165) is 35.5 Å². The first-order valence-electron chi connectivity index (χ1n) is 6.76. The molecular formula is C15H21ClN2OS. The van der Waals surface area contributed by atoms with Crippen LogP contribution in [-0.2, 0) is 19.6 Å². The van der Waals surface area contributed by atoms with Crippen LogP contribution in [0.15, 0.2) is 28.7 Å². The Hall–Kier alpha value is -0.810. The Morgan fingerprint density at radius 2 is 1.95 bits per heavy atom. The molecule has 2 rings (SSSR count). The summed E-state index contributed by atoms with van der Waals surface area (Å²) in [6.45, 7) is 6.73. The normalized spacial score (nSPS) is 11.7. The predicted molar refractivity (Wildman–Crippen MR) is 85.2 cm³/mol. The van der Waals surface area contributed by atoms with Crippen molar-refractivity contribution in [2.75, 3.05) is 7.05 Å². The highest BCUT2D eigenvalue weighted by Gasteiger charge is 2.08. The zero-order chi connectivity index (χ0) is 14.5. The van der Waals surface area contributed by atoms with E-state index in [-0.39, 0.29) is 0 Å². The smallest absolute Gasteiger partial charge is 0.118 e. The maximum absolute atomic E-state index is 5.94. The van der Waals surface area contributed by atoms with Crippen molar-refractivity contribution >= 4 is 22.9 Å². The molecule has 0 aliphatic carbocycles. The number of nitrogens with zero attached hydrogens (tertiary/aromatic N) is 1. The highest BCUT2D eigenvalue weighted by Crippen LogP contribution is 2.23. The van der Waals surface area contributed by atoms with Crippen LogP contribution in [0, 0.1) is 0 Å². The van der Waals surface area contributed by atoms with Gasteiger partial charge in [-0.2, -0.15) is 0 Å². The summed E-state index contributed by atoms with van der Waals surface area (Å²) in [7, 11) is 2.09. The zero-order valence-electron chi connectivity index (χ0n) is 12.1. The van der Waals surface area contributed by atoms with Crippen molar-refractivity contribution in [3.63, 3.8) is 0 Å². The second kappa shape index (κ2) is 7.27. The fraction of sp³-hybridized carbons (Fsp3) is 0.467. The van der Waals surface area contributed by atoms with Crippen LogP contribution in [0.25, 0.3) is 0 Å². The lowest BCUT2D eigenvalue weighted by molar-refractivity contribution is 0.284. The van der Waals surface area contributed by atoms with E-state index in [1.165, 1.54) is 4.88 Å². The maximum Gasteiger partial charge on any atom is 0.118 e. The third-order valence-corrected chi connectivity index (χ3v) is 4.10. The van der Waals surface area contributed by atoms with E-state index in [0.29, 0.717) is 6.04 Å². The van der Waals surface area contributed by atoms with Gasteiger partial charge in [0.15, 0.2) is 0 Å². The molecular weight excluding hydrogens is 292 g/mol. The molecule has 2 aromatic heterocycles. The summed E-state index contributed by atoms with van der Waals surface area (Å²) < 4.78 is 6.66. The lowest BCUT2D eigenvalue weighted by Gasteiger charge is -2.13. The van der Waals surface area contributed by atoms with Gasteiger partial charge in [-0.1, -0.05) is 25.4 Å². The minimum Gasteiger partial charge on any atom is -0.463 e. The highest BCUT2D eigenvalue weighted by molar-refractivity contribution is 7.16. The largest absolute Gasteiger partial charge is 0.463 e. The molecule has 0 fully saturated rings. The van der Waals surface area contributed by atoms with Gasteiger partial charge in [0.1, 0.15) is 11.5 Å². The molecule has 3 nitrogen and oxygen atoms in total. The second-order valence-corrected chi connectivity index (χ2v) is 7.08. The van der Waals surface area contributed by atoms with Crippen LogP contribution in [0.4, 0.5) is 0 Å². The zero-order valence-corrected chi connectivity index (χ0v) is 13.7. The Kier molecular flexibility index (Phi) is 5.66. The number of furan rings is 1. The van der Waals surface area contributed by atoms with E-state index in [1.54, 1.807) is 11.3 Å². The van der Waals surface area contributed by atoms with Gasteiger partial charge in [0.05, 0.1) is 17.4 Å². The fourth-order valence-electron chi connectivity index (χ4n) is 1.93. The van der Waals surface area contributed by atoms with Gasteiger partial charge in [-0.25, -0.2) is 0 Å². The summed E-state index contributed by atoms with van der Waals surface area (Å²) >= 11 is 7.57. The standard InChI is InChI=1S/C15H21ClN2OS/c1-11(2)17-8-12-4-5-13(19-12)9-18(3)10-14-6-7-15(16)20-14/h4-7,11,17H,8-10H2,1-3H3. The van der Waals surface area contributed by atoms with Crippen molar-refractivity contribution < 1.29 is 4.42 Å². The maximum atomic E-state index is 5.94. The van der Waals surface area contributed by atoms with Crippen LogP contribution in [0.5, 0.6) is 0 Å². The van der Waals surface area contributed by atoms with Gasteiger partial charge in [0.25, 0.3) is 0 Å². The summed E-state index contributed by atoms with van der Waals surface area (Å²) in [6.07, 6.45) is 0. The molecule has 0 aliphatic heterocycles. The molecule has 0 spiro atoms. The summed E-state index contributed by atoms with van der Waals surface area (Å²) in [6, 6.07) is 8.58. The lowest BCUT2D eigenvalue weighted by Crippen LogP contribution is -2.21. The Morgan fingerprint density at radius 1 is 1.20 bits per heavy atom. The van der Waals surface area contributed by atoms with Gasteiger partial charge in [0.2, 0.25) is 0 Å². The van der Waals surface area contributed by atoms with E-state index < -0.39 is 0 Å². The Balaban J connectivity index is 1.83. The van der Waals surface area contributed by atoms with Crippen molar-refractivity contribution in [2.45, 2.75) is 39.5 Å². The minimum absolute atomic E-state index is 0.467. The molecule has 0 aromatic carbocycles. The molecule has 2 aromatic rings. The van der Waals surface area contributed by atoms with Gasteiger partial charge < -0.3 is 9.73 Å². The molecule has 110 valence electrons. The van der Waals surface area contributed by atoms with Gasteiger partial charge in [0, 0.05) is 17.5 Å². The van der Waals surface area contributed by atoms with Gasteiger partial charge in [-0.3, -0.25) is 4.90 Å². The average Bonchev–Trinajstić information content (AvgIpc) is 2.96. The number of rotatable bonds is 7. The molecule has 0 unspecified atom stereocenters. The summed E-state index contributed by atoms with van der Waals surface area (Å²) in [5.41, 5.74) is 0. The third kappa shape index (κ3) is 4.94. The van der Waals surface area contributed by atoms with E-state index in [9.17, 15) is 0 Å². The van der Waals surface area contributed by atoms with E-state index in [4.69, 9.17) is 16.0 Å². The van der Waals surface area contributed by atoms with Crippen LogP contribution in [0.2, 0.25) is 4.34 Å². The molecule has 2 heterocycles. The van der Waals surface area contributed by atoms with E-state index in [2.05, 4.69) is 43.2 Å². The topological polar surface area (TPSA) is 28.4 Å². The summed E-state index contributed by atoms with van der Waals surface area (Å²) in [5.74, 6) is 1.98. The molecule has 0 aliphatic rings. The average molecular weight is 313 g/mol. The predicted octanol–water partition coefficient (Wildman–Crippen LogP) is 4.12. The first-order chi connectivity index (χ1) is 9.52. The fourth-order valence-corrected chi connectivity index (χ4v) is 3.10. The van der Waals surface area contributed by atoms with Crippen LogP contribution in [0.3, 0.4) is 0 Å². The number of thiophene rings is 1. The summed E-state index contributed by atoms with van der Waals surface area (Å²) in [4.78, 5) is 3.49. The van der Waals surface area contributed by atoms with Crippen molar-refractivity contribution in [1.82, 2.24) is 10.2 Å². The van der Waals surface area contributed by atoms with Gasteiger partial charge in [-0.05, 0) is 31.3 Å². The molecule has 1 N–H and O–H groups in total. The molecule has 0 atom stereocenters. The number of hydrogen-bond donors (Lipinski definition) is 1. The van der Waals surface area contributed by atoms with Crippen molar-refractivity contribution in [2.24, 2.45) is 0 Å². The van der Waals surface area contributed by atoms with E-state index in [1.807, 2.05) is 12.1 Å². The quantitative estimate of drug-likeness (QED) is 0.833. The first kappa shape index (κ1) is 15.6. The number of nitrogens with one attached hydrogen (secondary N) is 1. The lowest BCUT2D eigenvalue weighted by atomic mass is 10.3. The van der Waals surface area contributed by atoms with Crippen LogP contribution >= 0.6 is 22.9 Å². The SMILES string of the molecule is CC(C)NCc1ccc(CN(C)Cc2ccc(Cl)s2)o1. The molecule has 0 saturated carbocycles. The van der Waals surface area contributed by atoms with E-state index >= 15 is 0 Å². The van der Waals surface area contributed by atoms with Crippen molar-refractivity contribution in [1.29, 1.82) is 0 Å². The van der Waals surface area contributed by atoms with Crippen LogP contribution in [-0.4, -0.2) is 18.0 Å². The minimum atomic E-state index is 0.467. The molecule has 20 heavy (non-hydrogen) atoms. The van der Waals surface area contributed by atoms with Crippen molar-refractivity contribution in [3.05, 3.63) is 45.0 Å². The Labute approximate surface area is 129 Å². The Bertz CT molecular complexity index is 535. The first-order valence-corrected chi connectivity index (χ1v) is 7.96. The highest BCUT2D eigenvalue weighted by atomic mass is 35.5. The summed E-state index contributed by atoms with van der Waals surface area (Å²) in [5, 5.41) is 3.35. The molecule has 0 radical (unpaired) electrons. The van der Waals surface area contributed by atoms with Gasteiger partial charge in [-0.15, -0.1) is 11.3 Å². The van der Waals surface area contributed by atoms with Crippen molar-refractivity contribution in [3.8, 4) is 0 Å². The molecule has 5 heteroatoms. The number of halogens is 1. The molecule has 0 bridgehead atoms.